The molecule has 0 aromatic heterocycles. The number of rotatable bonds is 2. The predicted octanol–water partition coefficient (Wildman–Crippen LogP) is 1.25. The van der Waals surface area contributed by atoms with Gasteiger partial charge in [-0.2, -0.15) is 0 Å². The maximum absolute atomic E-state index is 13.2. The van der Waals surface area contributed by atoms with Crippen molar-refractivity contribution in [3.8, 4) is 0 Å². The molecule has 0 bridgehead atoms. The maximum atomic E-state index is 13.2. The third-order valence-electron chi connectivity index (χ3n) is 2.98. The van der Waals surface area contributed by atoms with Gasteiger partial charge in [0.25, 0.3) is 5.91 Å². The number of aliphatic hydroxyl groups excluding tert-OH is 1. The van der Waals surface area contributed by atoms with Gasteiger partial charge in [-0.25, -0.2) is 9.18 Å². The minimum atomic E-state index is -1.18. The smallest absolute Gasteiger partial charge is 0.326 e. The second-order valence-corrected chi connectivity index (χ2v) is 5.18. The molecule has 1 heterocycles. The lowest BCUT2D eigenvalue weighted by molar-refractivity contribution is -0.141. The van der Waals surface area contributed by atoms with Crippen molar-refractivity contribution >= 4 is 27.8 Å². The average molecular weight is 332 g/mol. The number of carboxylic acid groups (broad SMARTS) is 1. The summed E-state index contributed by atoms with van der Waals surface area (Å²) < 4.78 is 13.5. The topological polar surface area (TPSA) is 77.8 Å². The van der Waals surface area contributed by atoms with Gasteiger partial charge in [-0.05, 0) is 34.1 Å². The number of carbonyl (C=O) groups is 2. The lowest BCUT2D eigenvalue weighted by Crippen LogP contribution is -2.40. The Balaban J connectivity index is 2.33. The van der Waals surface area contributed by atoms with Crippen molar-refractivity contribution in [1.29, 1.82) is 0 Å². The molecule has 1 aromatic carbocycles. The van der Waals surface area contributed by atoms with Crippen LogP contribution in [0.2, 0.25) is 0 Å². The summed E-state index contributed by atoms with van der Waals surface area (Å²) in [6.45, 7) is -0.0707. The number of amides is 1. The van der Waals surface area contributed by atoms with Crippen LogP contribution in [-0.2, 0) is 4.79 Å². The van der Waals surface area contributed by atoms with E-state index in [1.165, 1.54) is 12.1 Å². The molecule has 1 fully saturated rings. The number of carboxylic acids is 1. The molecular formula is C12H11BrFNO4. The fourth-order valence-corrected chi connectivity index (χ4v) is 2.50. The highest BCUT2D eigenvalue weighted by molar-refractivity contribution is 9.10. The van der Waals surface area contributed by atoms with Crippen LogP contribution in [-0.4, -0.2) is 45.7 Å². The van der Waals surface area contributed by atoms with Crippen LogP contribution in [0.1, 0.15) is 16.8 Å². The van der Waals surface area contributed by atoms with Gasteiger partial charge in [0.2, 0.25) is 0 Å². The molecule has 5 nitrogen and oxygen atoms in total. The van der Waals surface area contributed by atoms with Crippen LogP contribution >= 0.6 is 15.9 Å². The van der Waals surface area contributed by atoms with Crippen molar-refractivity contribution in [3.05, 3.63) is 34.1 Å². The minimum Gasteiger partial charge on any atom is -0.480 e. The van der Waals surface area contributed by atoms with Crippen LogP contribution < -0.4 is 0 Å². The summed E-state index contributed by atoms with van der Waals surface area (Å²) in [6, 6.07) is 2.52. The number of carbonyl (C=O) groups excluding carboxylic acids is 1. The highest BCUT2D eigenvalue weighted by atomic mass is 79.9. The van der Waals surface area contributed by atoms with Crippen LogP contribution in [0, 0.1) is 5.82 Å². The van der Waals surface area contributed by atoms with Crippen LogP contribution in [0.3, 0.4) is 0 Å². The molecule has 1 saturated heterocycles. The average Bonchev–Trinajstić information content (AvgIpc) is 2.74. The summed E-state index contributed by atoms with van der Waals surface area (Å²) in [4.78, 5) is 24.3. The normalized spacial score (nSPS) is 22.6. The molecule has 102 valence electrons. The van der Waals surface area contributed by atoms with E-state index in [9.17, 15) is 19.1 Å². The van der Waals surface area contributed by atoms with Crippen molar-refractivity contribution in [3.63, 3.8) is 0 Å². The number of nitrogens with zero attached hydrogens (tertiary/aromatic N) is 1. The summed E-state index contributed by atoms with van der Waals surface area (Å²) in [6.07, 6.45) is -0.897. The zero-order chi connectivity index (χ0) is 14.2. The Morgan fingerprint density at radius 3 is 2.74 bits per heavy atom. The van der Waals surface area contributed by atoms with Crippen molar-refractivity contribution in [2.45, 2.75) is 18.6 Å². The minimum absolute atomic E-state index is 0.0198. The zero-order valence-corrected chi connectivity index (χ0v) is 11.3. The first-order chi connectivity index (χ1) is 8.90. The number of hydrogen-bond donors (Lipinski definition) is 2. The molecule has 0 saturated carbocycles. The quantitative estimate of drug-likeness (QED) is 0.854. The number of likely N-dealkylation sites (tertiary alicyclic amines) is 1. The summed E-state index contributed by atoms with van der Waals surface area (Å²) in [5, 5.41) is 18.5. The van der Waals surface area contributed by atoms with E-state index < -0.39 is 29.8 Å². The van der Waals surface area contributed by atoms with Crippen molar-refractivity contribution in [1.82, 2.24) is 4.90 Å². The number of halogens is 2. The van der Waals surface area contributed by atoms with Crippen LogP contribution in [0.15, 0.2) is 22.7 Å². The Hall–Kier alpha value is -1.47. The summed E-state index contributed by atoms with van der Waals surface area (Å²) in [5.41, 5.74) is 0.0420. The SMILES string of the molecule is O=C(O)[C@@H]1CC(O)CN1C(=O)c1cc(F)ccc1Br. The van der Waals surface area contributed by atoms with Gasteiger partial charge in [0.1, 0.15) is 11.9 Å². The second kappa shape index (κ2) is 5.26. The molecule has 0 aliphatic carbocycles. The summed E-state index contributed by atoms with van der Waals surface area (Å²) >= 11 is 3.13. The molecule has 1 aliphatic rings. The van der Waals surface area contributed by atoms with Gasteiger partial charge in [0, 0.05) is 17.4 Å². The number of hydrogen-bond acceptors (Lipinski definition) is 3. The van der Waals surface area contributed by atoms with E-state index in [4.69, 9.17) is 5.11 Å². The highest BCUT2D eigenvalue weighted by Gasteiger charge is 2.39. The van der Waals surface area contributed by atoms with E-state index in [0.717, 1.165) is 11.0 Å². The van der Waals surface area contributed by atoms with Gasteiger partial charge >= 0.3 is 5.97 Å². The van der Waals surface area contributed by atoms with E-state index in [1.54, 1.807) is 0 Å². The van der Waals surface area contributed by atoms with E-state index in [2.05, 4.69) is 15.9 Å². The van der Waals surface area contributed by atoms with E-state index >= 15 is 0 Å². The van der Waals surface area contributed by atoms with Crippen molar-refractivity contribution in [2.24, 2.45) is 0 Å². The van der Waals surface area contributed by atoms with E-state index in [1.807, 2.05) is 0 Å². The molecule has 19 heavy (non-hydrogen) atoms. The maximum Gasteiger partial charge on any atom is 0.326 e. The first-order valence-corrected chi connectivity index (χ1v) is 6.36. The molecule has 1 aromatic rings. The number of β-amino-alcohol motifs (C(OH)–C–C–N with tert-alkyl or cyclic N) is 1. The molecule has 7 heteroatoms. The molecule has 2 rings (SSSR count). The predicted molar refractivity (Wildman–Crippen MR) is 67.2 cm³/mol. The lowest BCUT2D eigenvalue weighted by atomic mass is 10.1. The van der Waals surface area contributed by atoms with Crippen LogP contribution in [0.4, 0.5) is 4.39 Å². The molecule has 0 radical (unpaired) electrons. The Kier molecular flexibility index (Phi) is 3.86. The van der Waals surface area contributed by atoms with Gasteiger partial charge in [-0.15, -0.1) is 0 Å². The molecule has 0 spiro atoms. The van der Waals surface area contributed by atoms with Gasteiger partial charge in [-0.3, -0.25) is 4.79 Å². The van der Waals surface area contributed by atoms with Crippen LogP contribution in [0.5, 0.6) is 0 Å². The first kappa shape index (κ1) is 14.0. The number of aliphatic carboxylic acids is 1. The standard InChI is InChI=1S/C12H11BrFNO4/c13-9-2-1-6(14)3-8(9)11(17)15-5-7(16)4-10(15)12(18)19/h1-3,7,10,16H,4-5H2,(H,18,19)/t7?,10-/m0/s1. The zero-order valence-electron chi connectivity index (χ0n) is 9.72. The molecule has 2 N–H and O–H groups in total. The lowest BCUT2D eigenvalue weighted by Gasteiger charge is -2.21. The molecular weight excluding hydrogens is 321 g/mol. The van der Waals surface area contributed by atoms with Crippen LogP contribution in [0.25, 0.3) is 0 Å². The van der Waals surface area contributed by atoms with E-state index in [-0.39, 0.29) is 18.5 Å². The number of aliphatic hydroxyl groups is 1. The molecule has 1 aliphatic heterocycles. The summed E-state index contributed by atoms with van der Waals surface area (Å²) in [5.74, 6) is -2.38. The Morgan fingerprint density at radius 2 is 2.11 bits per heavy atom. The first-order valence-electron chi connectivity index (χ1n) is 5.57. The largest absolute Gasteiger partial charge is 0.480 e. The second-order valence-electron chi connectivity index (χ2n) is 4.33. The monoisotopic (exact) mass is 331 g/mol. The third kappa shape index (κ3) is 2.76. The molecule has 1 unspecified atom stereocenters. The number of benzene rings is 1. The fraction of sp³-hybridized carbons (Fsp3) is 0.333. The summed E-state index contributed by atoms with van der Waals surface area (Å²) in [7, 11) is 0. The Bertz CT molecular complexity index is 536. The van der Waals surface area contributed by atoms with Crippen molar-refractivity contribution in [2.75, 3.05) is 6.54 Å². The van der Waals surface area contributed by atoms with Gasteiger partial charge < -0.3 is 15.1 Å². The Labute approximate surface area is 116 Å². The molecule has 2 atom stereocenters. The van der Waals surface area contributed by atoms with Gasteiger partial charge in [-0.1, -0.05) is 0 Å². The van der Waals surface area contributed by atoms with Gasteiger partial charge in [0.05, 0.1) is 11.7 Å². The Morgan fingerprint density at radius 1 is 1.42 bits per heavy atom. The van der Waals surface area contributed by atoms with Crippen molar-refractivity contribution < 1.29 is 24.2 Å². The molecule has 1 amide bonds. The fourth-order valence-electron chi connectivity index (χ4n) is 2.09. The van der Waals surface area contributed by atoms with Gasteiger partial charge in [0.15, 0.2) is 0 Å². The highest BCUT2D eigenvalue weighted by Crippen LogP contribution is 2.25. The van der Waals surface area contributed by atoms with E-state index in [0.29, 0.717) is 4.47 Å². The third-order valence-corrected chi connectivity index (χ3v) is 3.68.